The third kappa shape index (κ3) is 3.26. The molecule has 6 nitrogen and oxygen atoms in total. The molecule has 1 aromatic heterocycles. The van der Waals surface area contributed by atoms with Crippen molar-refractivity contribution in [3.8, 4) is 6.07 Å². The first kappa shape index (κ1) is 17.1. The second-order valence-electron chi connectivity index (χ2n) is 5.66. The molecule has 0 fully saturated rings. The van der Waals surface area contributed by atoms with E-state index in [0.29, 0.717) is 52.0 Å². The molecular weight excluding hydrogens is 336 g/mol. The molecule has 2 heterocycles. The standard InChI is InChI=1S/C18H16N4O2S/c1-11-15(10-19)16(21-12(2)20-11)25-9-5-8-22-17(23)13-6-3-4-7-14(13)18(22)24/h3-4,6-7H,5,8-9H2,1-2H3. The Kier molecular flexibility index (Phi) is 4.81. The zero-order valence-electron chi connectivity index (χ0n) is 13.9. The van der Waals surface area contributed by atoms with Gasteiger partial charge in [-0.05, 0) is 32.4 Å². The summed E-state index contributed by atoms with van der Waals surface area (Å²) in [6, 6.07) is 9.00. The summed E-state index contributed by atoms with van der Waals surface area (Å²) in [5.74, 6) is 0.797. The van der Waals surface area contributed by atoms with Crippen LogP contribution in [0.25, 0.3) is 0 Å². The number of thioether (sulfide) groups is 1. The third-order valence-corrected chi connectivity index (χ3v) is 4.99. The van der Waals surface area contributed by atoms with E-state index in [1.807, 2.05) is 0 Å². The summed E-state index contributed by atoms with van der Waals surface area (Å²) in [6.07, 6.45) is 0.628. The van der Waals surface area contributed by atoms with Crippen molar-refractivity contribution in [3.05, 3.63) is 52.5 Å². The number of fused-ring (bicyclic) bond motifs is 1. The zero-order valence-corrected chi connectivity index (χ0v) is 14.8. The Morgan fingerprint density at radius 3 is 2.36 bits per heavy atom. The van der Waals surface area contributed by atoms with Gasteiger partial charge in [0.1, 0.15) is 22.5 Å². The maximum atomic E-state index is 12.3. The summed E-state index contributed by atoms with van der Waals surface area (Å²) in [4.78, 5) is 34.4. The normalized spacial score (nSPS) is 13.1. The van der Waals surface area contributed by atoms with Gasteiger partial charge in [-0.1, -0.05) is 12.1 Å². The number of benzene rings is 1. The van der Waals surface area contributed by atoms with Crippen LogP contribution in [-0.4, -0.2) is 39.0 Å². The number of carbonyl (C=O) groups excluding carboxylic acids is 2. The van der Waals surface area contributed by atoms with E-state index in [0.717, 1.165) is 0 Å². The lowest BCUT2D eigenvalue weighted by Crippen LogP contribution is -2.31. The van der Waals surface area contributed by atoms with E-state index in [1.165, 1.54) is 16.7 Å². The number of aryl methyl sites for hydroxylation is 2. The first-order valence-corrected chi connectivity index (χ1v) is 8.85. The molecule has 1 aliphatic rings. The average Bonchev–Trinajstić information content (AvgIpc) is 2.83. The highest BCUT2D eigenvalue weighted by Crippen LogP contribution is 2.25. The van der Waals surface area contributed by atoms with Gasteiger partial charge in [0, 0.05) is 12.3 Å². The molecule has 0 spiro atoms. The van der Waals surface area contributed by atoms with E-state index in [9.17, 15) is 14.9 Å². The molecule has 0 atom stereocenters. The van der Waals surface area contributed by atoms with Crippen LogP contribution in [0, 0.1) is 25.2 Å². The minimum atomic E-state index is -0.239. The minimum Gasteiger partial charge on any atom is -0.274 e. The number of hydrogen-bond acceptors (Lipinski definition) is 6. The summed E-state index contributed by atoms with van der Waals surface area (Å²) in [7, 11) is 0. The molecule has 0 bridgehead atoms. The Morgan fingerprint density at radius 1 is 1.12 bits per heavy atom. The molecule has 3 rings (SSSR count). The molecule has 25 heavy (non-hydrogen) atoms. The van der Waals surface area contributed by atoms with E-state index in [4.69, 9.17) is 0 Å². The molecule has 0 saturated carbocycles. The number of rotatable bonds is 5. The van der Waals surface area contributed by atoms with Crippen LogP contribution in [0.1, 0.15) is 44.2 Å². The minimum absolute atomic E-state index is 0.239. The fourth-order valence-electron chi connectivity index (χ4n) is 2.75. The van der Waals surface area contributed by atoms with Crippen molar-refractivity contribution >= 4 is 23.6 Å². The molecule has 0 saturated heterocycles. The van der Waals surface area contributed by atoms with Gasteiger partial charge in [-0.2, -0.15) is 5.26 Å². The monoisotopic (exact) mass is 352 g/mol. The van der Waals surface area contributed by atoms with Crippen molar-refractivity contribution in [2.75, 3.05) is 12.3 Å². The van der Waals surface area contributed by atoms with Gasteiger partial charge < -0.3 is 0 Å². The van der Waals surface area contributed by atoms with Gasteiger partial charge in [0.25, 0.3) is 11.8 Å². The number of aromatic nitrogens is 2. The van der Waals surface area contributed by atoms with Gasteiger partial charge in [-0.15, -0.1) is 11.8 Å². The lowest BCUT2D eigenvalue weighted by Gasteiger charge is -2.13. The number of imide groups is 1. The van der Waals surface area contributed by atoms with E-state index < -0.39 is 0 Å². The lowest BCUT2D eigenvalue weighted by atomic mass is 10.1. The van der Waals surface area contributed by atoms with Crippen LogP contribution in [0.15, 0.2) is 29.3 Å². The van der Waals surface area contributed by atoms with Gasteiger partial charge in [0.2, 0.25) is 0 Å². The fraction of sp³-hybridized carbons (Fsp3) is 0.278. The van der Waals surface area contributed by atoms with Crippen LogP contribution >= 0.6 is 11.8 Å². The molecule has 0 radical (unpaired) electrons. The molecule has 2 amide bonds. The summed E-state index contributed by atoms with van der Waals surface area (Å²) < 4.78 is 0. The van der Waals surface area contributed by atoms with Gasteiger partial charge >= 0.3 is 0 Å². The van der Waals surface area contributed by atoms with Gasteiger partial charge in [0.05, 0.1) is 16.8 Å². The van der Waals surface area contributed by atoms with Crippen molar-refractivity contribution in [2.45, 2.75) is 25.3 Å². The number of nitrogens with zero attached hydrogens (tertiary/aromatic N) is 4. The number of hydrogen-bond donors (Lipinski definition) is 0. The van der Waals surface area contributed by atoms with Crippen molar-refractivity contribution in [1.29, 1.82) is 5.26 Å². The molecule has 7 heteroatoms. The lowest BCUT2D eigenvalue weighted by molar-refractivity contribution is 0.0655. The van der Waals surface area contributed by atoms with Crippen molar-refractivity contribution < 1.29 is 9.59 Å². The maximum absolute atomic E-state index is 12.3. The molecule has 0 unspecified atom stereocenters. The summed E-state index contributed by atoms with van der Waals surface area (Å²) in [6.45, 7) is 3.93. The molecule has 2 aromatic rings. The zero-order chi connectivity index (χ0) is 18.0. The number of carbonyl (C=O) groups is 2. The van der Waals surface area contributed by atoms with Crippen LogP contribution in [0.4, 0.5) is 0 Å². The van der Waals surface area contributed by atoms with E-state index in [2.05, 4.69) is 16.0 Å². The third-order valence-electron chi connectivity index (χ3n) is 3.92. The quantitative estimate of drug-likeness (QED) is 0.356. The topological polar surface area (TPSA) is 87.0 Å². The highest BCUT2D eigenvalue weighted by atomic mass is 32.2. The molecule has 1 aliphatic heterocycles. The molecular formula is C18H16N4O2S. The predicted molar refractivity (Wildman–Crippen MR) is 93.4 cm³/mol. The van der Waals surface area contributed by atoms with E-state index in [-0.39, 0.29) is 11.8 Å². The smallest absolute Gasteiger partial charge is 0.261 e. The summed E-state index contributed by atoms with van der Waals surface area (Å²) in [5.41, 5.74) is 2.08. The van der Waals surface area contributed by atoms with Gasteiger partial charge in [0.15, 0.2) is 0 Å². The largest absolute Gasteiger partial charge is 0.274 e. The van der Waals surface area contributed by atoms with Crippen LogP contribution < -0.4 is 0 Å². The average molecular weight is 352 g/mol. The van der Waals surface area contributed by atoms with Gasteiger partial charge in [-0.3, -0.25) is 14.5 Å². The van der Waals surface area contributed by atoms with Crippen LogP contribution in [0.5, 0.6) is 0 Å². The highest BCUT2D eigenvalue weighted by Gasteiger charge is 2.34. The van der Waals surface area contributed by atoms with E-state index in [1.54, 1.807) is 38.1 Å². The van der Waals surface area contributed by atoms with E-state index >= 15 is 0 Å². The second kappa shape index (κ2) is 7.03. The predicted octanol–water partition coefficient (Wildman–Crippen LogP) is 2.74. The summed E-state index contributed by atoms with van der Waals surface area (Å²) >= 11 is 1.45. The van der Waals surface area contributed by atoms with Crippen molar-refractivity contribution in [1.82, 2.24) is 14.9 Å². The molecule has 0 N–H and O–H groups in total. The maximum Gasteiger partial charge on any atom is 0.261 e. The van der Waals surface area contributed by atoms with Crippen LogP contribution in [-0.2, 0) is 0 Å². The van der Waals surface area contributed by atoms with Crippen LogP contribution in [0.3, 0.4) is 0 Å². The van der Waals surface area contributed by atoms with Crippen LogP contribution in [0.2, 0.25) is 0 Å². The SMILES string of the molecule is Cc1nc(C)c(C#N)c(SCCCN2C(=O)c3ccccc3C2=O)n1. The fourth-order valence-corrected chi connectivity index (χ4v) is 3.75. The Bertz CT molecular complexity index is 869. The molecule has 126 valence electrons. The van der Waals surface area contributed by atoms with Crippen molar-refractivity contribution in [3.63, 3.8) is 0 Å². The van der Waals surface area contributed by atoms with Crippen molar-refractivity contribution in [2.24, 2.45) is 0 Å². The first-order chi connectivity index (χ1) is 12.0. The Morgan fingerprint density at radius 2 is 1.76 bits per heavy atom. The number of amides is 2. The second-order valence-corrected chi connectivity index (χ2v) is 6.74. The van der Waals surface area contributed by atoms with Gasteiger partial charge in [-0.25, -0.2) is 9.97 Å². The molecule has 1 aromatic carbocycles. The summed E-state index contributed by atoms with van der Waals surface area (Å²) in [5, 5.41) is 9.90. The Balaban J connectivity index is 1.61. The first-order valence-electron chi connectivity index (χ1n) is 7.86. The Labute approximate surface area is 149 Å². The number of nitriles is 1. The Hall–Kier alpha value is -2.72. The molecule has 0 aliphatic carbocycles. The highest BCUT2D eigenvalue weighted by molar-refractivity contribution is 7.99.